The van der Waals surface area contributed by atoms with Crippen molar-refractivity contribution in [3.8, 4) is 6.07 Å². The molecule has 5 heteroatoms. The molecule has 1 aromatic rings. The van der Waals surface area contributed by atoms with E-state index in [2.05, 4.69) is 4.74 Å². The summed E-state index contributed by atoms with van der Waals surface area (Å²) in [6.07, 6.45) is 0. The van der Waals surface area contributed by atoms with Gasteiger partial charge < -0.3 is 9.84 Å². The van der Waals surface area contributed by atoms with Crippen LogP contribution in [0.3, 0.4) is 0 Å². The van der Waals surface area contributed by atoms with E-state index < -0.39 is 5.97 Å². The molecule has 0 fully saturated rings. The lowest BCUT2D eigenvalue weighted by Crippen LogP contribution is -2.05. The molecule has 0 unspecified atom stereocenters. The number of hydrogen-bond donors (Lipinski definition) is 1. The maximum Gasteiger partial charge on any atom is 0.339 e. The number of carbonyl (C=O) groups is 1. The summed E-state index contributed by atoms with van der Waals surface area (Å²) >= 11 is 5.76. The van der Waals surface area contributed by atoms with Crippen LogP contribution in [0, 0.1) is 11.3 Å². The second kappa shape index (κ2) is 4.78. The van der Waals surface area contributed by atoms with E-state index in [9.17, 15) is 4.79 Å². The van der Waals surface area contributed by atoms with Crippen molar-refractivity contribution in [3.05, 3.63) is 33.8 Å². The molecule has 1 aromatic carbocycles. The smallest absolute Gasteiger partial charge is 0.339 e. The van der Waals surface area contributed by atoms with Gasteiger partial charge in [0.15, 0.2) is 0 Å². The summed E-state index contributed by atoms with van der Waals surface area (Å²) in [5.74, 6) is -0.627. The second-order valence-corrected chi connectivity index (χ2v) is 3.16. The van der Waals surface area contributed by atoms with Crippen LogP contribution in [0.4, 0.5) is 0 Å². The normalized spacial score (nSPS) is 9.47. The van der Waals surface area contributed by atoms with Gasteiger partial charge in [0.05, 0.1) is 24.8 Å². The number of carbonyl (C=O) groups excluding carboxylic acids is 1. The molecule has 0 saturated heterocycles. The van der Waals surface area contributed by atoms with Gasteiger partial charge in [-0.05, 0) is 17.7 Å². The van der Waals surface area contributed by atoms with Crippen molar-refractivity contribution in [1.29, 1.82) is 5.26 Å². The monoisotopic (exact) mass is 225 g/mol. The Bertz CT molecular complexity index is 437. The fourth-order valence-electron chi connectivity index (χ4n) is 1.11. The van der Waals surface area contributed by atoms with E-state index >= 15 is 0 Å². The van der Waals surface area contributed by atoms with Crippen LogP contribution in [0.25, 0.3) is 0 Å². The molecule has 0 saturated carbocycles. The fourth-order valence-corrected chi connectivity index (χ4v) is 1.33. The first-order valence-electron chi connectivity index (χ1n) is 4.05. The van der Waals surface area contributed by atoms with Crippen LogP contribution in [0.2, 0.25) is 5.02 Å². The van der Waals surface area contributed by atoms with Gasteiger partial charge in [0, 0.05) is 5.02 Å². The molecule has 0 heterocycles. The number of aliphatic hydroxyl groups is 1. The molecule has 1 rings (SSSR count). The summed E-state index contributed by atoms with van der Waals surface area (Å²) in [6.45, 7) is -0.297. The number of halogens is 1. The number of ether oxygens (including phenoxy) is 1. The Morgan fingerprint density at radius 1 is 1.67 bits per heavy atom. The first-order chi connectivity index (χ1) is 7.13. The van der Waals surface area contributed by atoms with Gasteiger partial charge in [0.1, 0.15) is 6.07 Å². The molecule has 0 aliphatic heterocycles. The summed E-state index contributed by atoms with van der Waals surface area (Å²) in [5, 5.41) is 18.0. The first-order valence-corrected chi connectivity index (χ1v) is 4.43. The fraction of sp³-hybridized carbons (Fsp3) is 0.200. The molecule has 4 nitrogen and oxygen atoms in total. The highest BCUT2D eigenvalue weighted by molar-refractivity contribution is 6.31. The summed E-state index contributed by atoms with van der Waals surface area (Å²) in [7, 11) is 1.22. The number of nitrogens with zero attached hydrogens (tertiary/aromatic N) is 1. The number of methoxy groups -OCH3 is 1. The Labute approximate surface area is 91.7 Å². The van der Waals surface area contributed by atoms with Gasteiger partial charge in [-0.1, -0.05) is 11.6 Å². The van der Waals surface area contributed by atoms with E-state index in [0.717, 1.165) is 0 Å². The average Bonchev–Trinajstić information content (AvgIpc) is 2.27. The van der Waals surface area contributed by atoms with Crippen LogP contribution in [0.5, 0.6) is 0 Å². The second-order valence-electron chi connectivity index (χ2n) is 2.75. The van der Waals surface area contributed by atoms with Gasteiger partial charge >= 0.3 is 5.97 Å². The molecule has 0 atom stereocenters. The predicted octanol–water partition coefficient (Wildman–Crippen LogP) is 1.49. The van der Waals surface area contributed by atoms with Crippen LogP contribution in [-0.4, -0.2) is 18.2 Å². The lowest BCUT2D eigenvalue weighted by Gasteiger charge is -2.06. The highest BCUT2D eigenvalue weighted by Crippen LogP contribution is 2.22. The highest BCUT2D eigenvalue weighted by atomic mass is 35.5. The molecule has 0 aliphatic rings. The van der Waals surface area contributed by atoms with Crippen LogP contribution >= 0.6 is 11.6 Å². The van der Waals surface area contributed by atoms with Crippen LogP contribution < -0.4 is 0 Å². The number of benzene rings is 1. The number of rotatable bonds is 2. The Morgan fingerprint density at radius 3 is 2.80 bits per heavy atom. The third-order valence-electron chi connectivity index (χ3n) is 1.88. The Kier molecular flexibility index (Phi) is 3.67. The molecule has 0 aliphatic carbocycles. The molecule has 1 N–H and O–H groups in total. The van der Waals surface area contributed by atoms with Gasteiger partial charge in [-0.3, -0.25) is 0 Å². The van der Waals surface area contributed by atoms with E-state index in [0.29, 0.717) is 5.56 Å². The minimum atomic E-state index is -0.627. The van der Waals surface area contributed by atoms with E-state index in [1.165, 1.54) is 19.2 Å². The van der Waals surface area contributed by atoms with Gasteiger partial charge in [0.2, 0.25) is 0 Å². The standard InChI is InChI=1S/C10H8ClNO3/c1-15-10(14)8-2-7(5-13)9(11)3-6(8)4-12/h2-3,13H,5H2,1H3. The minimum Gasteiger partial charge on any atom is -0.465 e. The van der Waals surface area contributed by atoms with E-state index in [1.54, 1.807) is 0 Å². The van der Waals surface area contributed by atoms with Crippen molar-refractivity contribution in [2.75, 3.05) is 7.11 Å². The van der Waals surface area contributed by atoms with Crippen molar-refractivity contribution in [2.45, 2.75) is 6.61 Å². The topological polar surface area (TPSA) is 70.3 Å². The molecule has 0 bridgehead atoms. The maximum absolute atomic E-state index is 11.3. The lowest BCUT2D eigenvalue weighted by atomic mass is 10.1. The molecule has 0 radical (unpaired) electrons. The van der Waals surface area contributed by atoms with Crippen LogP contribution in [0.1, 0.15) is 21.5 Å². The minimum absolute atomic E-state index is 0.105. The molecule has 78 valence electrons. The number of aliphatic hydroxyl groups excluding tert-OH is 1. The quantitative estimate of drug-likeness (QED) is 0.775. The van der Waals surface area contributed by atoms with Crippen LogP contribution in [0.15, 0.2) is 12.1 Å². The molecular formula is C10H8ClNO3. The van der Waals surface area contributed by atoms with Crippen molar-refractivity contribution in [3.63, 3.8) is 0 Å². The SMILES string of the molecule is COC(=O)c1cc(CO)c(Cl)cc1C#N. The number of nitriles is 1. The number of esters is 1. The first kappa shape index (κ1) is 11.5. The van der Waals surface area contributed by atoms with E-state index in [-0.39, 0.29) is 22.8 Å². The zero-order valence-electron chi connectivity index (χ0n) is 7.95. The molecule has 0 spiro atoms. The third kappa shape index (κ3) is 2.27. The average molecular weight is 226 g/mol. The van der Waals surface area contributed by atoms with Crippen molar-refractivity contribution < 1.29 is 14.6 Å². The third-order valence-corrected chi connectivity index (χ3v) is 2.23. The molecule has 0 aromatic heterocycles. The Morgan fingerprint density at radius 2 is 2.33 bits per heavy atom. The van der Waals surface area contributed by atoms with Gasteiger partial charge in [-0.25, -0.2) is 4.79 Å². The zero-order valence-corrected chi connectivity index (χ0v) is 8.71. The molecule has 0 amide bonds. The van der Waals surface area contributed by atoms with Crippen molar-refractivity contribution in [2.24, 2.45) is 0 Å². The lowest BCUT2D eigenvalue weighted by molar-refractivity contribution is 0.0600. The summed E-state index contributed by atoms with van der Waals surface area (Å²) in [6, 6.07) is 4.52. The van der Waals surface area contributed by atoms with Crippen molar-refractivity contribution in [1.82, 2.24) is 0 Å². The summed E-state index contributed by atoms with van der Waals surface area (Å²) in [5.41, 5.74) is 0.619. The van der Waals surface area contributed by atoms with Gasteiger partial charge in [0.25, 0.3) is 0 Å². The predicted molar refractivity (Wildman–Crippen MR) is 53.4 cm³/mol. The van der Waals surface area contributed by atoms with Gasteiger partial charge in [-0.2, -0.15) is 5.26 Å². The summed E-state index contributed by atoms with van der Waals surface area (Å²) in [4.78, 5) is 11.3. The van der Waals surface area contributed by atoms with Crippen molar-refractivity contribution >= 4 is 17.6 Å². The largest absolute Gasteiger partial charge is 0.465 e. The summed E-state index contributed by atoms with van der Waals surface area (Å²) < 4.78 is 4.50. The maximum atomic E-state index is 11.3. The molecular weight excluding hydrogens is 218 g/mol. The molecule has 15 heavy (non-hydrogen) atoms. The zero-order chi connectivity index (χ0) is 11.4. The number of hydrogen-bond acceptors (Lipinski definition) is 4. The highest BCUT2D eigenvalue weighted by Gasteiger charge is 2.14. The van der Waals surface area contributed by atoms with E-state index in [1.807, 2.05) is 6.07 Å². The Hall–Kier alpha value is -1.57. The van der Waals surface area contributed by atoms with E-state index in [4.69, 9.17) is 22.0 Å². The van der Waals surface area contributed by atoms with Crippen LogP contribution in [-0.2, 0) is 11.3 Å². The van der Waals surface area contributed by atoms with Gasteiger partial charge in [-0.15, -0.1) is 0 Å². The Balaban J connectivity index is 3.37.